The lowest BCUT2D eigenvalue weighted by molar-refractivity contribution is 0.479. The summed E-state index contributed by atoms with van der Waals surface area (Å²) in [6, 6.07) is 2.61. The first-order valence-corrected chi connectivity index (χ1v) is 7.77. The summed E-state index contributed by atoms with van der Waals surface area (Å²) in [7, 11) is 0. The van der Waals surface area contributed by atoms with Crippen LogP contribution in [0.1, 0.15) is 53.9 Å². The fraction of sp³-hybridized carbons (Fsp3) is 0.538. The zero-order valence-corrected chi connectivity index (χ0v) is 11.5. The standard InChI is InChI=1S/C13H14ClN3S/c14-13-16-15-12(8-4-5-8)17(13)10-2-1-3-11-9(10)6-7-18-11/h6-8,10H,1-5H2. The molecule has 0 N–H and O–H groups in total. The lowest BCUT2D eigenvalue weighted by atomic mass is 9.93. The van der Waals surface area contributed by atoms with Gasteiger partial charge in [0, 0.05) is 10.8 Å². The highest BCUT2D eigenvalue weighted by Crippen LogP contribution is 2.44. The molecule has 2 aromatic heterocycles. The third-order valence-corrected chi connectivity index (χ3v) is 5.21. The van der Waals surface area contributed by atoms with Crippen LogP contribution in [0.25, 0.3) is 0 Å². The van der Waals surface area contributed by atoms with Crippen molar-refractivity contribution >= 4 is 22.9 Å². The van der Waals surface area contributed by atoms with Gasteiger partial charge in [-0.1, -0.05) is 0 Å². The Hall–Kier alpha value is -0.870. The molecule has 0 radical (unpaired) electrons. The molecule has 5 heteroatoms. The Morgan fingerprint density at radius 2 is 2.17 bits per heavy atom. The van der Waals surface area contributed by atoms with Crippen molar-refractivity contribution in [1.82, 2.24) is 14.8 Å². The molecule has 0 aliphatic heterocycles. The first-order chi connectivity index (χ1) is 8.84. The van der Waals surface area contributed by atoms with E-state index in [-0.39, 0.29) is 0 Å². The van der Waals surface area contributed by atoms with E-state index in [1.165, 1.54) is 36.1 Å². The molecule has 0 bridgehead atoms. The summed E-state index contributed by atoms with van der Waals surface area (Å²) in [6.07, 6.45) is 6.07. The van der Waals surface area contributed by atoms with Crippen molar-refractivity contribution in [3.63, 3.8) is 0 Å². The first-order valence-electron chi connectivity index (χ1n) is 6.51. The van der Waals surface area contributed by atoms with Crippen molar-refractivity contribution in [2.75, 3.05) is 0 Å². The van der Waals surface area contributed by atoms with Gasteiger partial charge in [0.2, 0.25) is 5.28 Å². The molecule has 0 spiro atoms. The predicted octanol–water partition coefficient (Wildman–Crippen LogP) is 3.80. The first kappa shape index (κ1) is 11.0. The number of fused-ring (bicyclic) bond motifs is 1. The van der Waals surface area contributed by atoms with Gasteiger partial charge in [-0.05, 0) is 60.7 Å². The molecule has 1 atom stereocenters. The van der Waals surface area contributed by atoms with E-state index in [9.17, 15) is 0 Å². The third kappa shape index (κ3) is 1.62. The van der Waals surface area contributed by atoms with Crippen LogP contribution in [0.4, 0.5) is 0 Å². The Labute approximate surface area is 115 Å². The molecular weight excluding hydrogens is 266 g/mol. The topological polar surface area (TPSA) is 30.7 Å². The lowest BCUT2D eigenvalue weighted by Gasteiger charge is -2.25. The van der Waals surface area contributed by atoms with Gasteiger partial charge in [-0.25, -0.2) is 0 Å². The van der Waals surface area contributed by atoms with Crippen LogP contribution in [0.2, 0.25) is 5.28 Å². The lowest BCUT2D eigenvalue weighted by Crippen LogP contribution is -2.17. The number of aromatic nitrogens is 3. The minimum Gasteiger partial charge on any atom is -0.294 e. The van der Waals surface area contributed by atoms with E-state index in [4.69, 9.17) is 11.6 Å². The van der Waals surface area contributed by atoms with Gasteiger partial charge in [-0.2, -0.15) is 0 Å². The maximum Gasteiger partial charge on any atom is 0.225 e. The summed E-state index contributed by atoms with van der Waals surface area (Å²) >= 11 is 8.14. The summed E-state index contributed by atoms with van der Waals surface area (Å²) in [5.74, 6) is 1.69. The Morgan fingerprint density at radius 3 is 3.00 bits per heavy atom. The second-order valence-electron chi connectivity index (χ2n) is 5.18. The van der Waals surface area contributed by atoms with Gasteiger partial charge < -0.3 is 0 Å². The largest absolute Gasteiger partial charge is 0.294 e. The summed E-state index contributed by atoms with van der Waals surface area (Å²) in [6.45, 7) is 0. The van der Waals surface area contributed by atoms with E-state index in [0.29, 0.717) is 17.2 Å². The van der Waals surface area contributed by atoms with Crippen molar-refractivity contribution in [3.05, 3.63) is 33.0 Å². The highest BCUT2D eigenvalue weighted by Gasteiger charge is 2.34. The van der Waals surface area contributed by atoms with E-state index < -0.39 is 0 Å². The number of hydrogen-bond acceptors (Lipinski definition) is 3. The van der Waals surface area contributed by atoms with Crippen molar-refractivity contribution in [3.8, 4) is 0 Å². The van der Waals surface area contributed by atoms with Gasteiger partial charge in [-0.3, -0.25) is 4.57 Å². The molecule has 0 amide bonds. The molecule has 3 nitrogen and oxygen atoms in total. The van der Waals surface area contributed by atoms with Crippen LogP contribution >= 0.6 is 22.9 Å². The molecule has 2 aromatic rings. The highest BCUT2D eigenvalue weighted by molar-refractivity contribution is 7.10. The monoisotopic (exact) mass is 279 g/mol. The number of aryl methyl sites for hydroxylation is 1. The average Bonchev–Trinajstić information content (AvgIpc) is 2.98. The maximum atomic E-state index is 6.28. The van der Waals surface area contributed by atoms with Crippen LogP contribution in [0.3, 0.4) is 0 Å². The number of thiophene rings is 1. The van der Waals surface area contributed by atoms with Crippen molar-refractivity contribution in [2.24, 2.45) is 0 Å². The third-order valence-electron chi connectivity index (χ3n) is 3.96. The summed E-state index contributed by atoms with van der Waals surface area (Å²) < 4.78 is 2.18. The molecule has 4 rings (SSSR count). The number of nitrogens with zero attached hydrogens (tertiary/aromatic N) is 3. The SMILES string of the molecule is Clc1nnc(C2CC2)n1C1CCCc2sccc21. The van der Waals surface area contributed by atoms with E-state index in [1.807, 2.05) is 11.3 Å². The van der Waals surface area contributed by atoms with Crippen LogP contribution < -0.4 is 0 Å². The molecular formula is C13H14ClN3S. The van der Waals surface area contributed by atoms with E-state index in [1.54, 1.807) is 0 Å². The molecule has 1 saturated carbocycles. The number of hydrogen-bond donors (Lipinski definition) is 0. The molecule has 1 fully saturated rings. The number of rotatable bonds is 2. The summed E-state index contributed by atoms with van der Waals surface area (Å²) in [5.41, 5.74) is 1.44. The second-order valence-corrected chi connectivity index (χ2v) is 6.52. The minimum absolute atomic E-state index is 0.359. The van der Waals surface area contributed by atoms with Crippen LogP contribution in [0.5, 0.6) is 0 Å². The molecule has 18 heavy (non-hydrogen) atoms. The summed E-state index contributed by atoms with van der Waals surface area (Å²) in [4.78, 5) is 1.51. The quantitative estimate of drug-likeness (QED) is 0.837. The van der Waals surface area contributed by atoms with Gasteiger partial charge in [0.05, 0.1) is 6.04 Å². The second kappa shape index (κ2) is 4.07. The molecule has 0 aromatic carbocycles. The fourth-order valence-electron chi connectivity index (χ4n) is 2.92. The van der Waals surface area contributed by atoms with Crippen molar-refractivity contribution < 1.29 is 0 Å². The molecule has 0 saturated heterocycles. The maximum absolute atomic E-state index is 6.28. The van der Waals surface area contributed by atoms with Crippen molar-refractivity contribution in [2.45, 2.75) is 44.1 Å². The predicted molar refractivity (Wildman–Crippen MR) is 72.4 cm³/mol. The van der Waals surface area contributed by atoms with Gasteiger partial charge in [-0.15, -0.1) is 21.5 Å². The van der Waals surface area contributed by atoms with Crippen LogP contribution in [-0.2, 0) is 6.42 Å². The zero-order chi connectivity index (χ0) is 12.1. The fourth-order valence-corrected chi connectivity index (χ4v) is 4.15. The highest BCUT2D eigenvalue weighted by atomic mass is 35.5. The average molecular weight is 280 g/mol. The smallest absolute Gasteiger partial charge is 0.225 e. The summed E-state index contributed by atoms with van der Waals surface area (Å²) in [5, 5.41) is 11.1. The normalized spacial score (nSPS) is 23.1. The Balaban J connectivity index is 1.82. The van der Waals surface area contributed by atoms with Gasteiger partial charge in [0.1, 0.15) is 5.82 Å². The molecule has 1 unspecified atom stereocenters. The number of halogens is 1. The minimum atomic E-state index is 0.359. The Bertz CT molecular complexity index is 585. The Kier molecular flexibility index (Phi) is 2.49. The van der Waals surface area contributed by atoms with E-state index in [0.717, 1.165) is 12.2 Å². The van der Waals surface area contributed by atoms with Crippen molar-refractivity contribution in [1.29, 1.82) is 0 Å². The van der Waals surface area contributed by atoms with Gasteiger partial charge >= 0.3 is 0 Å². The van der Waals surface area contributed by atoms with Gasteiger partial charge in [0.25, 0.3) is 0 Å². The molecule has 2 aliphatic rings. The van der Waals surface area contributed by atoms with Crippen LogP contribution in [0.15, 0.2) is 11.4 Å². The molecule has 2 heterocycles. The Morgan fingerprint density at radius 1 is 1.28 bits per heavy atom. The van der Waals surface area contributed by atoms with E-state index in [2.05, 4.69) is 26.2 Å². The van der Waals surface area contributed by atoms with Gasteiger partial charge in [0.15, 0.2) is 0 Å². The zero-order valence-electron chi connectivity index (χ0n) is 9.97. The molecule has 94 valence electrons. The van der Waals surface area contributed by atoms with Crippen LogP contribution in [0, 0.1) is 0 Å². The molecule has 2 aliphatic carbocycles. The van der Waals surface area contributed by atoms with Crippen LogP contribution in [-0.4, -0.2) is 14.8 Å². The van der Waals surface area contributed by atoms with E-state index >= 15 is 0 Å².